The number of pyridine rings is 1. The Morgan fingerprint density at radius 3 is 2.53 bits per heavy atom. The van der Waals surface area contributed by atoms with Gasteiger partial charge in [0.1, 0.15) is 0 Å². The average molecular weight is 230 g/mol. The van der Waals surface area contributed by atoms with Crippen LogP contribution in [0, 0.1) is 13.8 Å². The first kappa shape index (κ1) is 11.4. The van der Waals surface area contributed by atoms with E-state index in [4.69, 9.17) is 0 Å². The summed E-state index contributed by atoms with van der Waals surface area (Å²) in [5.41, 5.74) is 3.24. The van der Waals surface area contributed by atoms with Crippen molar-refractivity contribution in [3.8, 4) is 0 Å². The van der Waals surface area contributed by atoms with Gasteiger partial charge in [0.25, 0.3) is 0 Å². The summed E-state index contributed by atoms with van der Waals surface area (Å²) in [7, 11) is 0. The molecular formula is C13H14N2O2. The number of hydrogen-bond acceptors (Lipinski definition) is 2. The lowest BCUT2D eigenvalue weighted by Crippen LogP contribution is -2.09. The quantitative estimate of drug-likeness (QED) is 0.788. The van der Waals surface area contributed by atoms with Gasteiger partial charge in [-0.3, -0.25) is 9.59 Å². The fourth-order valence-corrected chi connectivity index (χ4v) is 1.91. The number of amides is 1. The number of hydrogen-bond donors (Lipinski definition) is 2. The minimum atomic E-state index is -0.132. The fourth-order valence-electron chi connectivity index (χ4n) is 1.91. The SMILES string of the molecule is CC(=O)Nc1cc2[nH]c(=O)cc(C)c2cc1C. The fraction of sp³-hybridized carbons (Fsp3) is 0.231. The first-order valence-corrected chi connectivity index (χ1v) is 5.39. The lowest BCUT2D eigenvalue weighted by molar-refractivity contribution is -0.114. The number of fused-ring (bicyclic) bond motifs is 1. The third-order valence-electron chi connectivity index (χ3n) is 2.71. The summed E-state index contributed by atoms with van der Waals surface area (Å²) < 4.78 is 0. The van der Waals surface area contributed by atoms with E-state index in [2.05, 4.69) is 10.3 Å². The van der Waals surface area contributed by atoms with Gasteiger partial charge in [-0.1, -0.05) is 0 Å². The van der Waals surface area contributed by atoms with Gasteiger partial charge in [0.05, 0.1) is 5.52 Å². The second kappa shape index (κ2) is 4.05. The van der Waals surface area contributed by atoms with Crippen molar-refractivity contribution < 1.29 is 4.79 Å². The molecule has 0 bridgehead atoms. The van der Waals surface area contributed by atoms with E-state index in [0.717, 1.165) is 27.7 Å². The zero-order valence-electron chi connectivity index (χ0n) is 10.0. The number of aromatic amines is 1. The zero-order valence-corrected chi connectivity index (χ0v) is 10.0. The topological polar surface area (TPSA) is 62.0 Å². The van der Waals surface area contributed by atoms with Crippen molar-refractivity contribution in [2.24, 2.45) is 0 Å². The first-order chi connectivity index (χ1) is 7.97. The molecule has 0 radical (unpaired) electrons. The Morgan fingerprint density at radius 1 is 1.18 bits per heavy atom. The maximum atomic E-state index is 11.4. The molecule has 0 aliphatic heterocycles. The Bertz CT molecular complexity index is 656. The summed E-state index contributed by atoms with van der Waals surface area (Å²) in [6.45, 7) is 5.28. The maximum absolute atomic E-state index is 11.4. The van der Waals surface area contributed by atoms with Crippen molar-refractivity contribution in [2.45, 2.75) is 20.8 Å². The summed E-state index contributed by atoms with van der Waals surface area (Å²) in [6.07, 6.45) is 0. The van der Waals surface area contributed by atoms with Crippen molar-refractivity contribution in [3.05, 3.63) is 39.7 Å². The Kier molecular flexibility index (Phi) is 2.71. The van der Waals surface area contributed by atoms with Crippen molar-refractivity contribution in [3.63, 3.8) is 0 Å². The predicted molar refractivity (Wildman–Crippen MR) is 68.3 cm³/mol. The highest BCUT2D eigenvalue weighted by Gasteiger charge is 2.05. The molecule has 0 saturated carbocycles. The summed E-state index contributed by atoms with van der Waals surface area (Å²) in [6, 6.07) is 5.33. The maximum Gasteiger partial charge on any atom is 0.248 e. The largest absolute Gasteiger partial charge is 0.326 e. The van der Waals surface area contributed by atoms with Crippen LogP contribution in [0.2, 0.25) is 0 Å². The molecule has 2 rings (SSSR count). The van der Waals surface area contributed by atoms with Gasteiger partial charge in [-0.15, -0.1) is 0 Å². The van der Waals surface area contributed by atoms with Crippen LogP contribution in [-0.4, -0.2) is 10.9 Å². The molecule has 4 nitrogen and oxygen atoms in total. The predicted octanol–water partition coefficient (Wildman–Crippen LogP) is 2.10. The third-order valence-corrected chi connectivity index (χ3v) is 2.71. The Hall–Kier alpha value is -2.10. The molecule has 17 heavy (non-hydrogen) atoms. The van der Waals surface area contributed by atoms with Crippen LogP contribution in [0.3, 0.4) is 0 Å². The molecule has 2 N–H and O–H groups in total. The molecule has 0 fully saturated rings. The van der Waals surface area contributed by atoms with Gasteiger partial charge in [-0.25, -0.2) is 0 Å². The zero-order chi connectivity index (χ0) is 12.6. The van der Waals surface area contributed by atoms with E-state index in [-0.39, 0.29) is 11.5 Å². The van der Waals surface area contributed by atoms with E-state index < -0.39 is 0 Å². The van der Waals surface area contributed by atoms with Crippen LogP contribution in [-0.2, 0) is 4.79 Å². The van der Waals surface area contributed by atoms with Gasteiger partial charge in [0, 0.05) is 24.1 Å². The standard InChI is InChI=1S/C13H14N2O2/c1-7-5-13(17)15-12-6-11(14-9(3)16)8(2)4-10(7)12/h4-6H,1-3H3,(H,14,16)(H,15,17). The number of nitrogens with one attached hydrogen (secondary N) is 2. The van der Waals surface area contributed by atoms with Crippen molar-refractivity contribution >= 4 is 22.5 Å². The van der Waals surface area contributed by atoms with Gasteiger partial charge < -0.3 is 10.3 Å². The summed E-state index contributed by atoms with van der Waals surface area (Å²) in [4.78, 5) is 25.2. The van der Waals surface area contributed by atoms with E-state index in [1.54, 1.807) is 12.1 Å². The number of benzene rings is 1. The first-order valence-electron chi connectivity index (χ1n) is 5.39. The third kappa shape index (κ3) is 2.20. The molecule has 0 unspecified atom stereocenters. The number of anilines is 1. The van der Waals surface area contributed by atoms with Crippen LogP contribution in [0.25, 0.3) is 10.9 Å². The molecule has 1 aromatic carbocycles. The number of rotatable bonds is 1. The molecule has 1 aromatic heterocycles. The van der Waals surface area contributed by atoms with Crippen LogP contribution in [0.15, 0.2) is 23.0 Å². The van der Waals surface area contributed by atoms with E-state index in [9.17, 15) is 9.59 Å². The molecule has 1 heterocycles. The average Bonchev–Trinajstić information content (AvgIpc) is 2.20. The van der Waals surface area contributed by atoms with E-state index in [0.29, 0.717) is 0 Å². The second-order valence-electron chi connectivity index (χ2n) is 4.21. The minimum Gasteiger partial charge on any atom is -0.326 e. The Morgan fingerprint density at radius 2 is 1.88 bits per heavy atom. The Balaban J connectivity index is 2.71. The van der Waals surface area contributed by atoms with Crippen LogP contribution in [0.5, 0.6) is 0 Å². The molecule has 0 saturated heterocycles. The summed E-state index contributed by atoms with van der Waals surface area (Å²) in [5.74, 6) is -0.123. The van der Waals surface area contributed by atoms with Crippen LogP contribution in [0.4, 0.5) is 5.69 Å². The molecule has 0 aliphatic carbocycles. The second-order valence-corrected chi connectivity index (χ2v) is 4.21. The van der Waals surface area contributed by atoms with E-state index in [1.165, 1.54) is 6.92 Å². The van der Waals surface area contributed by atoms with Gasteiger partial charge in [0.2, 0.25) is 11.5 Å². The molecule has 0 spiro atoms. The van der Waals surface area contributed by atoms with Crippen LogP contribution >= 0.6 is 0 Å². The molecule has 88 valence electrons. The number of carbonyl (C=O) groups is 1. The molecular weight excluding hydrogens is 216 g/mol. The monoisotopic (exact) mass is 230 g/mol. The molecule has 1 amide bonds. The summed E-state index contributed by atoms with van der Waals surface area (Å²) >= 11 is 0. The summed E-state index contributed by atoms with van der Waals surface area (Å²) in [5, 5.41) is 3.74. The highest BCUT2D eigenvalue weighted by atomic mass is 16.1. The number of aromatic nitrogens is 1. The van der Waals surface area contributed by atoms with Crippen molar-refractivity contribution in [2.75, 3.05) is 5.32 Å². The number of carbonyl (C=O) groups excluding carboxylic acids is 1. The molecule has 2 aromatic rings. The van der Waals surface area contributed by atoms with Crippen molar-refractivity contribution in [1.29, 1.82) is 0 Å². The van der Waals surface area contributed by atoms with Gasteiger partial charge in [-0.05, 0) is 37.1 Å². The molecule has 4 heteroatoms. The smallest absolute Gasteiger partial charge is 0.248 e. The van der Waals surface area contributed by atoms with Crippen LogP contribution < -0.4 is 10.9 Å². The van der Waals surface area contributed by atoms with E-state index in [1.807, 2.05) is 19.9 Å². The normalized spacial score (nSPS) is 10.5. The lowest BCUT2D eigenvalue weighted by Gasteiger charge is -2.09. The van der Waals surface area contributed by atoms with Crippen LogP contribution in [0.1, 0.15) is 18.1 Å². The van der Waals surface area contributed by atoms with Crippen molar-refractivity contribution in [1.82, 2.24) is 4.98 Å². The van der Waals surface area contributed by atoms with Gasteiger partial charge >= 0.3 is 0 Å². The minimum absolute atomic E-state index is 0.123. The lowest BCUT2D eigenvalue weighted by atomic mass is 10.1. The van der Waals surface area contributed by atoms with E-state index >= 15 is 0 Å². The highest BCUT2D eigenvalue weighted by Crippen LogP contribution is 2.23. The number of aryl methyl sites for hydroxylation is 2. The van der Waals surface area contributed by atoms with Gasteiger partial charge in [0.15, 0.2) is 0 Å². The van der Waals surface area contributed by atoms with Gasteiger partial charge in [-0.2, -0.15) is 0 Å². The molecule has 0 atom stereocenters. The number of H-pyrrole nitrogens is 1. The Labute approximate surface area is 98.7 Å². The molecule has 0 aliphatic rings. The highest BCUT2D eigenvalue weighted by molar-refractivity contribution is 5.94.